The number of aromatic nitrogens is 2. The second-order valence-electron chi connectivity index (χ2n) is 5.51. The number of hydrogen-bond acceptors (Lipinski definition) is 2. The molecule has 0 aliphatic heterocycles. The Hall–Kier alpha value is -1.84. The molecule has 0 unspecified atom stereocenters. The predicted molar refractivity (Wildman–Crippen MR) is 79.2 cm³/mol. The van der Waals surface area contributed by atoms with E-state index in [0.29, 0.717) is 6.54 Å². The Morgan fingerprint density at radius 1 is 1.40 bits per heavy atom. The maximum atomic E-state index is 11.8. The lowest BCUT2D eigenvalue weighted by Crippen LogP contribution is -2.26. The van der Waals surface area contributed by atoms with Crippen LogP contribution < -0.4 is 5.32 Å². The fraction of sp³-hybridized carbons (Fsp3) is 0.500. The first-order chi connectivity index (χ1) is 9.79. The molecule has 0 spiro atoms. The maximum Gasteiger partial charge on any atom is 0.223 e. The third-order valence-corrected chi connectivity index (χ3v) is 3.84. The summed E-state index contributed by atoms with van der Waals surface area (Å²) in [6.07, 6.45) is 4.36. The minimum Gasteiger partial charge on any atom is -0.349 e. The molecule has 1 aromatic heterocycles. The Morgan fingerprint density at radius 2 is 2.20 bits per heavy atom. The number of nitrogens with zero attached hydrogens (tertiary/aromatic N) is 2. The molecule has 1 amide bonds. The van der Waals surface area contributed by atoms with Crippen LogP contribution in [-0.4, -0.2) is 15.5 Å². The highest BCUT2D eigenvalue weighted by molar-refractivity contribution is 5.81. The van der Waals surface area contributed by atoms with Gasteiger partial charge in [0.2, 0.25) is 5.91 Å². The van der Waals surface area contributed by atoms with E-state index < -0.39 is 0 Å². The molecule has 0 atom stereocenters. The smallest absolute Gasteiger partial charge is 0.223 e. The molecular formula is C16H21N3O. The summed E-state index contributed by atoms with van der Waals surface area (Å²) in [7, 11) is 0. The summed E-state index contributed by atoms with van der Waals surface area (Å²) >= 11 is 0. The monoisotopic (exact) mass is 271 g/mol. The Bertz CT molecular complexity index is 613. The topological polar surface area (TPSA) is 46.9 Å². The molecule has 1 fully saturated rings. The third kappa shape index (κ3) is 2.69. The highest BCUT2D eigenvalue weighted by Crippen LogP contribution is 2.28. The molecule has 1 saturated carbocycles. The Labute approximate surface area is 119 Å². The van der Waals surface area contributed by atoms with Crippen molar-refractivity contribution < 1.29 is 4.79 Å². The standard InChI is InChI=1S/C16H21N3O/c1-2-3-10-19-14-7-5-4-6-13(14)18-15(19)11-17-16(20)12-8-9-12/h4-7,12H,2-3,8-11H2,1H3,(H,17,20). The van der Waals surface area contributed by atoms with Crippen molar-refractivity contribution in [2.45, 2.75) is 45.7 Å². The second-order valence-corrected chi connectivity index (χ2v) is 5.51. The summed E-state index contributed by atoms with van der Waals surface area (Å²) < 4.78 is 2.24. The number of rotatable bonds is 6. The van der Waals surface area contributed by atoms with Crippen LogP contribution in [0.2, 0.25) is 0 Å². The molecule has 106 valence electrons. The lowest BCUT2D eigenvalue weighted by molar-refractivity contribution is -0.122. The molecule has 3 rings (SSSR count). The fourth-order valence-corrected chi connectivity index (χ4v) is 2.48. The van der Waals surface area contributed by atoms with Crippen molar-refractivity contribution in [3.8, 4) is 0 Å². The highest BCUT2D eigenvalue weighted by Gasteiger charge is 2.29. The van der Waals surface area contributed by atoms with E-state index in [-0.39, 0.29) is 11.8 Å². The molecule has 1 N–H and O–H groups in total. The SMILES string of the molecule is CCCCn1c(CNC(=O)C2CC2)nc2ccccc21. The number of unbranched alkanes of at least 4 members (excludes halogenated alkanes) is 1. The van der Waals surface area contributed by atoms with E-state index in [1.165, 1.54) is 0 Å². The number of aryl methyl sites for hydroxylation is 1. The average molecular weight is 271 g/mol. The van der Waals surface area contributed by atoms with Crippen molar-refractivity contribution in [2.75, 3.05) is 0 Å². The van der Waals surface area contributed by atoms with Crippen molar-refractivity contribution >= 4 is 16.9 Å². The molecule has 1 heterocycles. The van der Waals surface area contributed by atoms with Gasteiger partial charge in [0.15, 0.2) is 0 Å². The van der Waals surface area contributed by atoms with Crippen LogP contribution in [-0.2, 0) is 17.9 Å². The second kappa shape index (κ2) is 5.65. The summed E-state index contributed by atoms with van der Waals surface area (Å²) in [6, 6.07) is 8.18. The number of carbonyl (C=O) groups is 1. The molecule has 0 bridgehead atoms. The van der Waals surface area contributed by atoms with Gasteiger partial charge in [0.25, 0.3) is 0 Å². The Kier molecular flexibility index (Phi) is 3.72. The zero-order valence-corrected chi connectivity index (χ0v) is 11.9. The van der Waals surface area contributed by atoms with Gasteiger partial charge in [-0.05, 0) is 31.4 Å². The summed E-state index contributed by atoms with van der Waals surface area (Å²) in [6.45, 7) is 3.69. The Morgan fingerprint density at radius 3 is 2.95 bits per heavy atom. The molecular weight excluding hydrogens is 250 g/mol. The van der Waals surface area contributed by atoms with Crippen LogP contribution in [0.15, 0.2) is 24.3 Å². The molecule has 1 aliphatic carbocycles. The Balaban J connectivity index is 1.81. The van der Waals surface area contributed by atoms with E-state index in [1.807, 2.05) is 18.2 Å². The maximum absolute atomic E-state index is 11.8. The quantitative estimate of drug-likeness (QED) is 0.878. The van der Waals surface area contributed by atoms with E-state index in [0.717, 1.165) is 49.1 Å². The van der Waals surface area contributed by atoms with Gasteiger partial charge >= 0.3 is 0 Å². The van der Waals surface area contributed by atoms with Crippen molar-refractivity contribution in [1.82, 2.24) is 14.9 Å². The van der Waals surface area contributed by atoms with E-state index >= 15 is 0 Å². The molecule has 4 heteroatoms. The molecule has 20 heavy (non-hydrogen) atoms. The van der Waals surface area contributed by atoms with Gasteiger partial charge in [0, 0.05) is 12.5 Å². The van der Waals surface area contributed by atoms with E-state index in [1.54, 1.807) is 0 Å². The number of carbonyl (C=O) groups excluding carboxylic acids is 1. The van der Waals surface area contributed by atoms with Crippen molar-refractivity contribution in [3.63, 3.8) is 0 Å². The van der Waals surface area contributed by atoms with Crippen molar-refractivity contribution in [3.05, 3.63) is 30.1 Å². The zero-order chi connectivity index (χ0) is 13.9. The van der Waals surface area contributed by atoms with Crippen LogP contribution in [0.25, 0.3) is 11.0 Å². The molecule has 2 aromatic rings. The first kappa shape index (κ1) is 13.2. The van der Waals surface area contributed by atoms with Gasteiger partial charge in [-0.2, -0.15) is 0 Å². The minimum atomic E-state index is 0.180. The van der Waals surface area contributed by atoms with Crippen LogP contribution >= 0.6 is 0 Å². The van der Waals surface area contributed by atoms with Crippen LogP contribution in [0.3, 0.4) is 0 Å². The molecule has 1 aromatic carbocycles. The van der Waals surface area contributed by atoms with Crippen LogP contribution in [0.4, 0.5) is 0 Å². The van der Waals surface area contributed by atoms with Gasteiger partial charge in [0.1, 0.15) is 5.82 Å². The van der Waals surface area contributed by atoms with Gasteiger partial charge in [-0.25, -0.2) is 4.98 Å². The van der Waals surface area contributed by atoms with Gasteiger partial charge in [-0.15, -0.1) is 0 Å². The predicted octanol–water partition coefficient (Wildman–Crippen LogP) is 2.86. The lowest BCUT2D eigenvalue weighted by atomic mass is 10.3. The van der Waals surface area contributed by atoms with E-state index in [4.69, 9.17) is 0 Å². The third-order valence-electron chi connectivity index (χ3n) is 3.84. The number of benzene rings is 1. The van der Waals surface area contributed by atoms with Crippen LogP contribution in [0.1, 0.15) is 38.4 Å². The van der Waals surface area contributed by atoms with Crippen molar-refractivity contribution in [1.29, 1.82) is 0 Å². The fourth-order valence-electron chi connectivity index (χ4n) is 2.48. The van der Waals surface area contributed by atoms with Gasteiger partial charge < -0.3 is 9.88 Å². The molecule has 4 nitrogen and oxygen atoms in total. The number of nitrogens with one attached hydrogen (secondary N) is 1. The number of para-hydroxylation sites is 2. The number of hydrogen-bond donors (Lipinski definition) is 1. The number of fused-ring (bicyclic) bond motifs is 1. The number of amides is 1. The molecule has 1 aliphatic rings. The lowest BCUT2D eigenvalue weighted by Gasteiger charge is -2.09. The van der Waals surface area contributed by atoms with Gasteiger partial charge in [-0.3, -0.25) is 4.79 Å². The highest BCUT2D eigenvalue weighted by atomic mass is 16.2. The first-order valence-electron chi connectivity index (χ1n) is 7.51. The van der Waals surface area contributed by atoms with Crippen molar-refractivity contribution in [2.24, 2.45) is 5.92 Å². The zero-order valence-electron chi connectivity index (χ0n) is 11.9. The summed E-state index contributed by atoms with van der Waals surface area (Å²) in [5.41, 5.74) is 2.18. The van der Waals surface area contributed by atoms with E-state index in [2.05, 4.69) is 27.9 Å². The van der Waals surface area contributed by atoms with E-state index in [9.17, 15) is 4.79 Å². The van der Waals surface area contributed by atoms with Crippen LogP contribution in [0, 0.1) is 5.92 Å². The van der Waals surface area contributed by atoms with Crippen LogP contribution in [0.5, 0.6) is 0 Å². The van der Waals surface area contributed by atoms with Gasteiger partial charge in [0.05, 0.1) is 17.6 Å². The van der Waals surface area contributed by atoms with Gasteiger partial charge in [-0.1, -0.05) is 25.5 Å². The normalized spacial score (nSPS) is 14.7. The summed E-state index contributed by atoms with van der Waals surface area (Å²) in [4.78, 5) is 16.4. The molecule has 0 saturated heterocycles. The average Bonchev–Trinajstić information content (AvgIpc) is 3.25. The minimum absolute atomic E-state index is 0.180. The first-order valence-corrected chi connectivity index (χ1v) is 7.51. The molecule has 0 radical (unpaired) electrons. The summed E-state index contributed by atoms with van der Waals surface area (Å²) in [5, 5.41) is 3.02. The summed E-state index contributed by atoms with van der Waals surface area (Å²) in [5.74, 6) is 1.40. The number of imidazole rings is 1. The largest absolute Gasteiger partial charge is 0.349 e.